The van der Waals surface area contributed by atoms with Crippen molar-refractivity contribution in [3.8, 4) is 5.75 Å². The molecule has 8 heteroatoms. The zero-order valence-corrected chi connectivity index (χ0v) is 20.5. The number of hydrogen-bond donors (Lipinski definition) is 4. The third kappa shape index (κ3) is 6.42. The van der Waals surface area contributed by atoms with Crippen molar-refractivity contribution in [2.45, 2.75) is 38.9 Å². The SMILES string of the molecule is COc1ccccc1CNc1cc(Nc2ccc(N3C[C@@H](C)N[C@@H](C)C3)cc2)ncc1CC(N)=O. The number of nitrogens with two attached hydrogens (primary N) is 1. The zero-order chi connectivity index (χ0) is 24.8. The van der Waals surface area contributed by atoms with Crippen molar-refractivity contribution in [2.75, 3.05) is 35.7 Å². The third-order valence-corrected chi connectivity index (χ3v) is 6.08. The number of piperazine rings is 1. The van der Waals surface area contributed by atoms with Gasteiger partial charge in [-0.3, -0.25) is 4.79 Å². The molecule has 5 N–H and O–H groups in total. The van der Waals surface area contributed by atoms with Crippen LogP contribution in [0.5, 0.6) is 5.75 Å². The molecule has 3 aromatic rings. The Morgan fingerprint density at radius 2 is 1.83 bits per heavy atom. The Hall–Kier alpha value is -3.78. The first-order chi connectivity index (χ1) is 16.9. The first kappa shape index (κ1) is 24.3. The van der Waals surface area contributed by atoms with E-state index in [1.807, 2.05) is 30.3 Å². The number of hydrogen-bond acceptors (Lipinski definition) is 7. The highest BCUT2D eigenvalue weighted by molar-refractivity contribution is 5.79. The van der Waals surface area contributed by atoms with E-state index < -0.39 is 5.91 Å². The molecule has 35 heavy (non-hydrogen) atoms. The average Bonchev–Trinajstić information content (AvgIpc) is 2.84. The van der Waals surface area contributed by atoms with Crippen molar-refractivity contribution < 1.29 is 9.53 Å². The number of carbonyl (C=O) groups excluding carboxylic acids is 1. The van der Waals surface area contributed by atoms with E-state index in [2.05, 4.69) is 63.9 Å². The van der Waals surface area contributed by atoms with Crippen LogP contribution in [0.25, 0.3) is 0 Å². The normalized spacial score (nSPS) is 17.6. The fourth-order valence-corrected chi connectivity index (χ4v) is 4.53. The lowest BCUT2D eigenvalue weighted by Gasteiger charge is -2.37. The number of aromatic nitrogens is 1. The van der Waals surface area contributed by atoms with Crippen LogP contribution in [0.1, 0.15) is 25.0 Å². The van der Waals surface area contributed by atoms with Crippen LogP contribution in [0.15, 0.2) is 60.8 Å². The number of benzene rings is 2. The highest BCUT2D eigenvalue weighted by atomic mass is 16.5. The van der Waals surface area contributed by atoms with E-state index in [0.717, 1.165) is 41.3 Å². The lowest BCUT2D eigenvalue weighted by Crippen LogP contribution is -2.54. The molecule has 2 heterocycles. The largest absolute Gasteiger partial charge is 0.496 e. The van der Waals surface area contributed by atoms with Crippen LogP contribution in [0.2, 0.25) is 0 Å². The molecular formula is C27H34N6O2. The highest BCUT2D eigenvalue weighted by Gasteiger charge is 2.21. The lowest BCUT2D eigenvalue weighted by molar-refractivity contribution is -0.117. The van der Waals surface area contributed by atoms with Crippen LogP contribution in [-0.2, 0) is 17.8 Å². The number of nitrogens with one attached hydrogen (secondary N) is 3. The summed E-state index contributed by atoms with van der Waals surface area (Å²) in [6.45, 7) is 6.94. The minimum absolute atomic E-state index is 0.109. The van der Waals surface area contributed by atoms with E-state index in [1.165, 1.54) is 5.69 Å². The number of primary amides is 1. The Balaban J connectivity index is 1.49. The molecule has 1 aromatic heterocycles. The number of amides is 1. The van der Waals surface area contributed by atoms with E-state index >= 15 is 0 Å². The summed E-state index contributed by atoms with van der Waals surface area (Å²) in [5, 5.41) is 10.4. The Morgan fingerprint density at radius 3 is 2.51 bits per heavy atom. The second-order valence-electron chi connectivity index (χ2n) is 9.08. The van der Waals surface area contributed by atoms with Gasteiger partial charge in [0.2, 0.25) is 5.91 Å². The molecular weight excluding hydrogens is 440 g/mol. The van der Waals surface area contributed by atoms with Crippen LogP contribution < -0.4 is 31.3 Å². The summed E-state index contributed by atoms with van der Waals surface area (Å²) in [7, 11) is 1.65. The Morgan fingerprint density at radius 1 is 1.11 bits per heavy atom. The van der Waals surface area contributed by atoms with Crippen LogP contribution in [-0.4, -0.2) is 43.2 Å². The molecule has 2 aromatic carbocycles. The minimum Gasteiger partial charge on any atom is -0.496 e. The molecule has 1 saturated heterocycles. The number of methoxy groups -OCH3 is 1. The van der Waals surface area contributed by atoms with Crippen LogP contribution >= 0.6 is 0 Å². The summed E-state index contributed by atoms with van der Waals surface area (Å²) in [6.07, 6.45) is 1.80. The minimum atomic E-state index is -0.403. The standard InChI is InChI=1S/C27H34N6O2/c1-18-16-33(17-19(2)31-18)23-10-8-22(9-11-23)32-27-13-24(21(15-30-27)12-26(28)34)29-14-20-6-4-5-7-25(20)35-3/h4-11,13,15,18-19,31H,12,14,16-17H2,1-3H3,(H2,28,34)(H2,29,30,32)/t18-,19+. The molecule has 0 radical (unpaired) electrons. The number of anilines is 4. The van der Waals surface area contributed by atoms with Gasteiger partial charge in [0.05, 0.1) is 13.5 Å². The first-order valence-electron chi connectivity index (χ1n) is 11.9. The number of carbonyl (C=O) groups is 1. The van der Waals surface area contributed by atoms with Gasteiger partial charge in [-0.2, -0.15) is 0 Å². The summed E-state index contributed by atoms with van der Waals surface area (Å²) < 4.78 is 5.45. The lowest BCUT2D eigenvalue weighted by atomic mass is 10.1. The van der Waals surface area contributed by atoms with Crippen LogP contribution in [0.3, 0.4) is 0 Å². The molecule has 0 spiro atoms. The Labute approximate surface area is 206 Å². The molecule has 1 aliphatic heterocycles. The van der Waals surface area contributed by atoms with Gasteiger partial charge >= 0.3 is 0 Å². The zero-order valence-electron chi connectivity index (χ0n) is 20.5. The maximum atomic E-state index is 11.6. The van der Waals surface area contributed by atoms with Gasteiger partial charge in [0.15, 0.2) is 0 Å². The van der Waals surface area contributed by atoms with E-state index in [9.17, 15) is 4.79 Å². The van der Waals surface area contributed by atoms with E-state index in [1.54, 1.807) is 13.3 Å². The summed E-state index contributed by atoms with van der Waals surface area (Å²) >= 11 is 0. The van der Waals surface area contributed by atoms with Gasteiger partial charge in [-0.05, 0) is 44.2 Å². The molecule has 8 nitrogen and oxygen atoms in total. The maximum Gasteiger partial charge on any atom is 0.221 e. The van der Waals surface area contributed by atoms with E-state index in [-0.39, 0.29) is 6.42 Å². The van der Waals surface area contributed by atoms with E-state index in [4.69, 9.17) is 10.5 Å². The summed E-state index contributed by atoms with van der Waals surface area (Å²) in [5.74, 6) is 1.08. The summed E-state index contributed by atoms with van der Waals surface area (Å²) in [6, 6.07) is 19.0. The topological polar surface area (TPSA) is 105 Å². The molecule has 1 aliphatic rings. The van der Waals surface area contributed by atoms with Crippen molar-refractivity contribution >= 4 is 28.8 Å². The number of nitrogens with zero attached hydrogens (tertiary/aromatic N) is 2. The van der Waals surface area contributed by atoms with Gasteiger partial charge in [0, 0.05) is 72.2 Å². The first-order valence-corrected chi connectivity index (χ1v) is 11.9. The van der Waals surface area contributed by atoms with Crippen molar-refractivity contribution in [3.63, 3.8) is 0 Å². The van der Waals surface area contributed by atoms with Crippen LogP contribution in [0, 0.1) is 0 Å². The molecule has 0 unspecified atom stereocenters. The molecule has 1 fully saturated rings. The molecule has 1 amide bonds. The third-order valence-electron chi connectivity index (χ3n) is 6.08. The summed E-state index contributed by atoms with van der Waals surface area (Å²) in [4.78, 5) is 18.5. The fraction of sp³-hybridized carbons (Fsp3) is 0.333. The van der Waals surface area contributed by atoms with Crippen molar-refractivity contribution in [3.05, 3.63) is 71.9 Å². The second-order valence-corrected chi connectivity index (χ2v) is 9.08. The van der Waals surface area contributed by atoms with Gasteiger partial charge in [-0.1, -0.05) is 18.2 Å². The quantitative estimate of drug-likeness (QED) is 0.375. The number of rotatable bonds is 9. The highest BCUT2D eigenvalue weighted by Crippen LogP contribution is 2.26. The molecule has 0 saturated carbocycles. The number of pyridine rings is 1. The Bertz CT molecular complexity index is 1140. The van der Waals surface area contributed by atoms with E-state index in [0.29, 0.717) is 24.4 Å². The molecule has 4 rings (SSSR count). The van der Waals surface area contributed by atoms with Gasteiger partial charge < -0.3 is 31.3 Å². The molecule has 184 valence electrons. The van der Waals surface area contributed by atoms with Crippen molar-refractivity contribution in [1.82, 2.24) is 10.3 Å². The second kappa shape index (κ2) is 11.1. The average molecular weight is 475 g/mol. The predicted octanol–water partition coefficient (Wildman–Crippen LogP) is 3.66. The van der Waals surface area contributed by atoms with Gasteiger partial charge in [-0.15, -0.1) is 0 Å². The van der Waals surface area contributed by atoms with Gasteiger partial charge in [0.1, 0.15) is 11.6 Å². The van der Waals surface area contributed by atoms with Crippen molar-refractivity contribution in [1.29, 1.82) is 0 Å². The molecule has 0 bridgehead atoms. The summed E-state index contributed by atoms with van der Waals surface area (Å²) in [5.41, 5.74) is 10.2. The van der Waals surface area contributed by atoms with Crippen LogP contribution in [0.4, 0.5) is 22.9 Å². The smallest absolute Gasteiger partial charge is 0.221 e. The van der Waals surface area contributed by atoms with Crippen molar-refractivity contribution in [2.24, 2.45) is 5.73 Å². The number of para-hydroxylation sites is 1. The predicted molar refractivity (Wildman–Crippen MR) is 141 cm³/mol. The number of ether oxygens (including phenoxy) is 1. The maximum absolute atomic E-state index is 11.6. The van der Waals surface area contributed by atoms with Gasteiger partial charge in [-0.25, -0.2) is 4.98 Å². The monoisotopic (exact) mass is 474 g/mol. The fourth-order valence-electron chi connectivity index (χ4n) is 4.53. The molecule has 0 aliphatic carbocycles. The Kier molecular flexibility index (Phi) is 7.72. The van der Waals surface area contributed by atoms with Gasteiger partial charge in [0.25, 0.3) is 0 Å². The molecule has 2 atom stereocenters.